The van der Waals surface area contributed by atoms with Gasteiger partial charge in [-0.1, -0.05) is 25.1 Å². The summed E-state index contributed by atoms with van der Waals surface area (Å²) in [6.45, 7) is 11.9. The fourth-order valence-corrected chi connectivity index (χ4v) is 1.91. The van der Waals surface area contributed by atoms with Gasteiger partial charge in [-0.3, -0.25) is 4.90 Å². The summed E-state index contributed by atoms with van der Waals surface area (Å²) in [5.41, 5.74) is 10.4. The van der Waals surface area contributed by atoms with Gasteiger partial charge in [0.25, 0.3) is 0 Å². The number of nitrogens with two attached hydrogens (primary N) is 1. The highest BCUT2D eigenvalue weighted by Crippen LogP contribution is 2.21. The number of benzene rings is 1. The van der Waals surface area contributed by atoms with E-state index in [4.69, 9.17) is 5.73 Å². The molecule has 1 rings (SSSR count). The van der Waals surface area contributed by atoms with Crippen LogP contribution in [0.5, 0.6) is 0 Å². The van der Waals surface area contributed by atoms with E-state index in [1.807, 2.05) is 0 Å². The summed E-state index contributed by atoms with van der Waals surface area (Å²) in [4.78, 5) is 2.35. The molecule has 1 atom stereocenters. The molecule has 2 nitrogen and oxygen atoms in total. The highest BCUT2D eigenvalue weighted by atomic mass is 15.2. The summed E-state index contributed by atoms with van der Waals surface area (Å²) < 4.78 is 0. The van der Waals surface area contributed by atoms with E-state index in [1.165, 1.54) is 16.7 Å². The predicted molar refractivity (Wildman–Crippen MR) is 79.8 cm³/mol. The van der Waals surface area contributed by atoms with E-state index in [2.05, 4.69) is 64.8 Å². The van der Waals surface area contributed by atoms with E-state index in [0.29, 0.717) is 0 Å². The fourth-order valence-electron chi connectivity index (χ4n) is 1.91. The minimum absolute atomic E-state index is 0.0834. The molecule has 1 aromatic carbocycles. The van der Waals surface area contributed by atoms with Crippen molar-refractivity contribution < 1.29 is 0 Å². The van der Waals surface area contributed by atoms with Crippen molar-refractivity contribution in [3.05, 3.63) is 34.9 Å². The van der Waals surface area contributed by atoms with Crippen molar-refractivity contribution in [2.24, 2.45) is 5.73 Å². The highest BCUT2D eigenvalue weighted by molar-refractivity contribution is 5.31. The van der Waals surface area contributed by atoms with Crippen molar-refractivity contribution in [1.29, 1.82) is 0 Å². The summed E-state index contributed by atoms with van der Waals surface area (Å²) in [7, 11) is 2.16. The first-order chi connectivity index (χ1) is 8.27. The maximum absolute atomic E-state index is 6.32. The zero-order valence-electron chi connectivity index (χ0n) is 12.7. The third kappa shape index (κ3) is 3.56. The van der Waals surface area contributed by atoms with Crippen LogP contribution < -0.4 is 5.73 Å². The predicted octanol–water partition coefficient (Wildman–Crippen LogP) is 3.42. The lowest BCUT2D eigenvalue weighted by Crippen LogP contribution is -2.44. The van der Waals surface area contributed by atoms with E-state index >= 15 is 0 Å². The lowest BCUT2D eigenvalue weighted by Gasteiger charge is -2.36. The molecule has 18 heavy (non-hydrogen) atoms. The molecule has 2 heteroatoms. The van der Waals surface area contributed by atoms with Gasteiger partial charge in [-0.05, 0) is 57.9 Å². The Hall–Kier alpha value is -0.860. The molecular formula is C16H28N2. The topological polar surface area (TPSA) is 29.3 Å². The van der Waals surface area contributed by atoms with Crippen LogP contribution in [-0.4, -0.2) is 24.0 Å². The number of aryl methyl sites for hydroxylation is 2. The first-order valence-corrected chi connectivity index (χ1v) is 6.82. The Morgan fingerprint density at radius 3 is 2.33 bits per heavy atom. The van der Waals surface area contributed by atoms with Gasteiger partial charge in [-0.15, -0.1) is 0 Å². The molecule has 0 bridgehead atoms. The Kier molecular flexibility index (Phi) is 4.94. The molecule has 0 heterocycles. The summed E-state index contributed by atoms with van der Waals surface area (Å²) in [6, 6.07) is 6.61. The number of rotatable bonds is 5. The van der Waals surface area contributed by atoms with Crippen molar-refractivity contribution in [3.8, 4) is 0 Å². The molecule has 0 aromatic heterocycles. The van der Waals surface area contributed by atoms with Crippen LogP contribution in [0, 0.1) is 13.8 Å². The standard InChI is InChI=1S/C16H28N2/c1-7-16(4,5)18(6)11-15(17)14-9-8-12(2)13(3)10-14/h8-10,15H,7,11,17H2,1-6H3. The van der Waals surface area contributed by atoms with Crippen LogP contribution in [0.3, 0.4) is 0 Å². The first-order valence-electron chi connectivity index (χ1n) is 6.82. The number of hydrogen-bond acceptors (Lipinski definition) is 2. The average molecular weight is 248 g/mol. The average Bonchev–Trinajstić information content (AvgIpc) is 2.32. The molecule has 1 unspecified atom stereocenters. The molecule has 1 aromatic rings. The Morgan fingerprint density at radius 2 is 1.83 bits per heavy atom. The third-order valence-corrected chi connectivity index (χ3v) is 4.33. The van der Waals surface area contributed by atoms with Gasteiger partial charge >= 0.3 is 0 Å². The molecule has 0 aliphatic rings. The molecule has 0 fully saturated rings. The van der Waals surface area contributed by atoms with E-state index in [1.54, 1.807) is 0 Å². The second kappa shape index (κ2) is 5.85. The normalized spacial score (nSPS) is 14.0. The molecule has 0 radical (unpaired) electrons. The van der Waals surface area contributed by atoms with Gasteiger partial charge in [-0.2, -0.15) is 0 Å². The third-order valence-electron chi connectivity index (χ3n) is 4.33. The first kappa shape index (κ1) is 15.2. The molecule has 0 spiro atoms. The molecular weight excluding hydrogens is 220 g/mol. The van der Waals surface area contributed by atoms with Crippen molar-refractivity contribution in [2.75, 3.05) is 13.6 Å². The van der Waals surface area contributed by atoms with Gasteiger partial charge in [0.1, 0.15) is 0 Å². The van der Waals surface area contributed by atoms with Crippen LogP contribution in [0.4, 0.5) is 0 Å². The van der Waals surface area contributed by atoms with Gasteiger partial charge in [0.15, 0.2) is 0 Å². The van der Waals surface area contributed by atoms with E-state index < -0.39 is 0 Å². The summed E-state index contributed by atoms with van der Waals surface area (Å²) in [5, 5.41) is 0. The zero-order chi connectivity index (χ0) is 13.9. The van der Waals surface area contributed by atoms with Crippen molar-refractivity contribution in [2.45, 2.75) is 52.6 Å². The van der Waals surface area contributed by atoms with Crippen molar-refractivity contribution in [1.82, 2.24) is 4.90 Å². The van der Waals surface area contributed by atoms with Gasteiger partial charge in [0.05, 0.1) is 0 Å². The van der Waals surface area contributed by atoms with Gasteiger partial charge in [0.2, 0.25) is 0 Å². The van der Waals surface area contributed by atoms with Crippen LogP contribution in [0.15, 0.2) is 18.2 Å². The molecule has 0 amide bonds. The zero-order valence-corrected chi connectivity index (χ0v) is 12.7. The summed E-state index contributed by atoms with van der Waals surface area (Å²) in [6.07, 6.45) is 1.13. The molecule has 0 aliphatic carbocycles. The molecule has 102 valence electrons. The second-order valence-corrected chi connectivity index (χ2v) is 6.00. The Balaban J connectivity index is 2.76. The van der Waals surface area contributed by atoms with Crippen LogP contribution in [-0.2, 0) is 0 Å². The van der Waals surface area contributed by atoms with E-state index in [-0.39, 0.29) is 11.6 Å². The van der Waals surface area contributed by atoms with Gasteiger partial charge in [0, 0.05) is 18.1 Å². The monoisotopic (exact) mass is 248 g/mol. The smallest absolute Gasteiger partial charge is 0.0424 e. The summed E-state index contributed by atoms with van der Waals surface area (Å²) >= 11 is 0. The molecule has 0 aliphatic heterocycles. The number of likely N-dealkylation sites (N-methyl/N-ethyl adjacent to an activating group) is 1. The van der Waals surface area contributed by atoms with Crippen LogP contribution in [0.1, 0.15) is 49.9 Å². The maximum Gasteiger partial charge on any atom is 0.0424 e. The van der Waals surface area contributed by atoms with Crippen molar-refractivity contribution >= 4 is 0 Å². The van der Waals surface area contributed by atoms with Crippen LogP contribution in [0.25, 0.3) is 0 Å². The minimum atomic E-state index is 0.0834. The maximum atomic E-state index is 6.32. The second-order valence-electron chi connectivity index (χ2n) is 6.00. The lowest BCUT2D eigenvalue weighted by atomic mass is 9.97. The summed E-state index contributed by atoms with van der Waals surface area (Å²) in [5.74, 6) is 0. The quantitative estimate of drug-likeness (QED) is 0.865. The van der Waals surface area contributed by atoms with Crippen LogP contribution >= 0.6 is 0 Å². The Labute approximate surface area is 112 Å². The van der Waals surface area contributed by atoms with E-state index in [0.717, 1.165) is 13.0 Å². The van der Waals surface area contributed by atoms with Crippen LogP contribution in [0.2, 0.25) is 0 Å². The lowest BCUT2D eigenvalue weighted by molar-refractivity contribution is 0.142. The van der Waals surface area contributed by atoms with E-state index in [9.17, 15) is 0 Å². The van der Waals surface area contributed by atoms with Gasteiger partial charge in [-0.25, -0.2) is 0 Å². The van der Waals surface area contributed by atoms with Gasteiger partial charge < -0.3 is 5.73 Å². The molecule has 0 saturated heterocycles. The molecule has 0 saturated carbocycles. The largest absolute Gasteiger partial charge is 0.323 e. The Bertz CT molecular complexity index is 396. The fraction of sp³-hybridized carbons (Fsp3) is 0.625. The number of hydrogen-bond donors (Lipinski definition) is 1. The minimum Gasteiger partial charge on any atom is -0.323 e. The number of nitrogens with zero attached hydrogens (tertiary/aromatic N) is 1. The SMILES string of the molecule is CCC(C)(C)N(C)CC(N)c1ccc(C)c(C)c1. The molecule has 2 N–H and O–H groups in total. The highest BCUT2D eigenvalue weighted by Gasteiger charge is 2.23. The van der Waals surface area contributed by atoms with Crippen molar-refractivity contribution in [3.63, 3.8) is 0 Å². The Morgan fingerprint density at radius 1 is 1.22 bits per heavy atom.